The van der Waals surface area contributed by atoms with Crippen LogP contribution in [-0.2, 0) is 9.53 Å². The van der Waals surface area contributed by atoms with E-state index in [0.29, 0.717) is 19.0 Å². The molecule has 0 saturated heterocycles. The van der Waals surface area contributed by atoms with Crippen molar-refractivity contribution in [3.05, 3.63) is 12.3 Å². The number of methoxy groups -OCH3 is 2. The van der Waals surface area contributed by atoms with Crippen molar-refractivity contribution in [3.63, 3.8) is 0 Å². The fraction of sp³-hybridized carbons (Fsp3) is 0.444. The number of hydrogen-bond donors (Lipinski definition) is 1. The van der Waals surface area contributed by atoms with Crippen LogP contribution in [0.1, 0.15) is 6.92 Å². The van der Waals surface area contributed by atoms with Crippen molar-refractivity contribution in [3.8, 4) is 11.6 Å². The summed E-state index contributed by atoms with van der Waals surface area (Å²) < 4.78 is 13.9. The molecule has 0 amide bonds. The normalized spacial score (nSPS) is 8.21. The van der Waals surface area contributed by atoms with Crippen LogP contribution in [0.3, 0.4) is 0 Å². The molecule has 0 bridgehead atoms. The summed E-state index contributed by atoms with van der Waals surface area (Å²) >= 11 is 0. The number of ether oxygens (including phenoxy) is 3. The van der Waals surface area contributed by atoms with Gasteiger partial charge in [-0.25, -0.2) is 0 Å². The molecule has 5 heteroatoms. The molecule has 0 aromatic carbocycles. The molecule has 0 saturated carbocycles. The second-order valence-corrected chi connectivity index (χ2v) is 2.16. The Morgan fingerprint density at radius 1 is 1.43 bits per heavy atom. The van der Waals surface area contributed by atoms with E-state index < -0.39 is 0 Å². The molecule has 0 fully saturated rings. The largest absolute Gasteiger partial charge is 0.495 e. The lowest BCUT2D eigenvalue weighted by Gasteiger charge is -1.89. The first kappa shape index (κ1) is 12.3. The predicted octanol–water partition coefficient (Wildman–Crippen LogP) is 1.21. The van der Waals surface area contributed by atoms with Crippen LogP contribution < -0.4 is 9.47 Å². The summed E-state index contributed by atoms with van der Waals surface area (Å²) in [7, 11) is 3.22. The van der Waals surface area contributed by atoms with Crippen molar-refractivity contribution in [2.45, 2.75) is 6.92 Å². The summed E-state index contributed by atoms with van der Waals surface area (Å²) in [6.45, 7) is 2.66. The average Bonchev–Trinajstić information content (AvgIpc) is 2.67. The zero-order valence-electron chi connectivity index (χ0n) is 8.57. The third kappa shape index (κ3) is 5.08. The van der Waals surface area contributed by atoms with Crippen LogP contribution in [0, 0.1) is 0 Å². The first-order valence-corrected chi connectivity index (χ1v) is 4.10. The third-order valence-corrected chi connectivity index (χ3v) is 1.32. The van der Waals surface area contributed by atoms with Crippen LogP contribution >= 0.6 is 0 Å². The van der Waals surface area contributed by atoms with E-state index in [1.807, 2.05) is 0 Å². The van der Waals surface area contributed by atoms with Crippen LogP contribution in [0.25, 0.3) is 0 Å². The Hall–Kier alpha value is -1.65. The summed E-state index contributed by atoms with van der Waals surface area (Å²) in [5, 5.41) is 0. The quantitative estimate of drug-likeness (QED) is 0.744. The van der Waals surface area contributed by atoms with E-state index in [-0.39, 0.29) is 0 Å². The highest BCUT2D eigenvalue weighted by atomic mass is 16.5. The van der Waals surface area contributed by atoms with Crippen LogP contribution in [0.2, 0.25) is 0 Å². The van der Waals surface area contributed by atoms with Gasteiger partial charge in [0, 0.05) is 12.3 Å². The van der Waals surface area contributed by atoms with Crippen molar-refractivity contribution < 1.29 is 19.0 Å². The zero-order chi connectivity index (χ0) is 10.8. The zero-order valence-corrected chi connectivity index (χ0v) is 8.57. The number of rotatable bonds is 4. The van der Waals surface area contributed by atoms with Crippen LogP contribution in [-0.4, -0.2) is 32.3 Å². The molecular weight excluding hydrogens is 186 g/mol. The Labute approximate surface area is 83.0 Å². The van der Waals surface area contributed by atoms with Gasteiger partial charge in [0.25, 0.3) is 6.47 Å². The van der Waals surface area contributed by atoms with Gasteiger partial charge in [-0.15, -0.1) is 0 Å². The fourth-order valence-electron chi connectivity index (χ4n) is 0.659. The van der Waals surface area contributed by atoms with Crippen molar-refractivity contribution in [2.75, 3.05) is 20.8 Å². The second-order valence-electron chi connectivity index (χ2n) is 2.16. The molecule has 5 nitrogen and oxygen atoms in total. The Balaban J connectivity index is 0.000000292. The molecule has 0 radical (unpaired) electrons. The van der Waals surface area contributed by atoms with Crippen molar-refractivity contribution in [2.24, 2.45) is 0 Å². The molecule has 0 spiro atoms. The summed E-state index contributed by atoms with van der Waals surface area (Å²) in [5.74, 6) is 1.50. The Morgan fingerprint density at radius 2 is 2.14 bits per heavy atom. The number of H-pyrrole nitrogens is 1. The van der Waals surface area contributed by atoms with Gasteiger partial charge in [0.2, 0.25) is 0 Å². The topological polar surface area (TPSA) is 60.5 Å². The van der Waals surface area contributed by atoms with Crippen molar-refractivity contribution in [1.82, 2.24) is 4.98 Å². The highest BCUT2D eigenvalue weighted by molar-refractivity contribution is 5.36. The molecular formula is C9H15NO4. The Bertz CT molecular complexity index is 228. The highest BCUT2D eigenvalue weighted by Crippen LogP contribution is 2.16. The number of aromatic nitrogens is 1. The van der Waals surface area contributed by atoms with Gasteiger partial charge in [-0.1, -0.05) is 0 Å². The predicted molar refractivity (Wildman–Crippen MR) is 51.6 cm³/mol. The minimum Gasteiger partial charge on any atom is -0.495 e. The molecule has 0 atom stereocenters. The maximum Gasteiger partial charge on any atom is 0.293 e. The molecule has 1 aromatic heterocycles. The third-order valence-electron chi connectivity index (χ3n) is 1.32. The number of carbonyl (C=O) groups excluding carboxylic acids is 1. The van der Waals surface area contributed by atoms with Gasteiger partial charge >= 0.3 is 0 Å². The molecule has 14 heavy (non-hydrogen) atoms. The summed E-state index contributed by atoms with van der Waals surface area (Å²) in [5.41, 5.74) is 0. The van der Waals surface area contributed by atoms with Gasteiger partial charge in [0.15, 0.2) is 5.88 Å². The maximum atomic E-state index is 9.18. The lowest BCUT2D eigenvalue weighted by atomic mass is 10.6. The lowest BCUT2D eigenvalue weighted by Crippen LogP contribution is -1.80. The lowest BCUT2D eigenvalue weighted by molar-refractivity contribution is -0.128. The minimum absolute atomic E-state index is 0.431. The van der Waals surface area contributed by atoms with E-state index in [0.717, 1.165) is 5.75 Å². The molecule has 1 aromatic rings. The molecule has 1 heterocycles. The summed E-state index contributed by atoms with van der Waals surface area (Å²) in [4.78, 5) is 12.0. The molecule has 0 aliphatic heterocycles. The Morgan fingerprint density at radius 3 is 2.36 bits per heavy atom. The van der Waals surface area contributed by atoms with E-state index in [1.165, 1.54) is 0 Å². The maximum absolute atomic E-state index is 9.18. The molecule has 1 N–H and O–H groups in total. The van der Waals surface area contributed by atoms with Crippen LogP contribution in [0.4, 0.5) is 0 Å². The van der Waals surface area contributed by atoms with Gasteiger partial charge in [-0.2, -0.15) is 0 Å². The number of nitrogens with one attached hydrogen (secondary N) is 1. The summed E-state index contributed by atoms with van der Waals surface area (Å²) in [6.07, 6.45) is 1.73. The van der Waals surface area contributed by atoms with Gasteiger partial charge in [0.1, 0.15) is 5.75 Å². The fourth-order valence-corrected chi connectivity index (χ4v) is 0.659. The highest BCUT2D eigenvalue weighted by Gasteiger charge is 1.94. The van der Waals surface area contributed by atoms with Gasteiger partial charge in [-0.05, 0) is 6.92 Å². The molecule has 0 aliphatic rings. The molecule has 0 aliphatic carbocycles. The molecule has 80 valence electrons. The number of aromatic amines is 1. The monoisotopic (exact) mass is 201 g/mol. The van der Waals surface area contributed by atoms with Gasteiger partial charge < -0.3 is 19.2 Å². The van der Waals surface area contributed by atoms with E-state index >= 15 is 0 Å². The first-order valence-electron chi connectivity index (χ1n) is 4.10. The number of carbonyl (C=O) groups is 1. The van der Waals surface area contributed by atoms with Crippen LogP contribution in [0.15, 0.2) is 12.3 Å². The molecule has 0 unspecified atom stereocenters. The van der Waals surface area contributed by atoms with Crippen LogP contribution in [0.5, 0.6) is 11.6 Å². The standard InChI is InChI=1S/C6H9NO2.C3H6O2/c1-8-5-3-6(9-2)7-4-5;1-2-5-3-4/h3-4,7H,1-2H3;3H,2H2,1H3. The van der Waals surface area contributed by atoms with Crippen molar-refractivity contribution in [1.29, 1.82) is 0 Å². The van der Waals surface area contributed by atoms with Crippen molar-refractivity contribution >= 4 is 6.47 Å². The Kier molecular flexibility index (Phi) is 7.03. The average molecular weight is 201 g/mol. The minimum atomic E-state index is 0.431. The van der Waals surface area contributed by atoms with Gasteiger partial charge in [0.05, 0.1) is 20.8 Å². The number of hydrogen-bond acceptors (Lipinski definition) is 4. The van der Waals surface area contributed by atoms with E-state index in [2.05, 4.69) is 9.72 Å². The first-order chi connectivity index (χ1) is 6.78. The smallest absolute Gasteiger partial charge is 0.293 e. The van der Waals surface area contributed by atoms with E-state index in [4.69, 9.17) is 9.47 Å². The second kappa shape index (κ2) is 7.97. The van der Waals surface area contributed by atoms with E-state index in [9.17, 15) is 4.79 Å². The molecule has 1 rings (SSSR count). The SMILES string of the molecule is CCOC=O.COc1c[nH]c(OC)c1. The van der Waals surface area contributed by atoms with E-state index in [1.54, 1.807) is 33.4 Å². The van der Waals surface area contributed by atoms with Gasteiger partial charge in [-0.3, -0.25) is 4.79 Å². The summed E-state index contributed by atoms with van der Waals surface area (Å²) in [6, 6.07) is 1.78.